The van der Waals surface area contributed by atoms with Gasteiger partial charge in [0.1, 0.15) is 0 Å². The number of carbonyl (C=O) groups is 1. The van der Waals surface area contributed by atoms with E-state index in [0.717, 1.165) is 15.7 Å². The van der Waals surface area contributed by atoms with Crippen LogP contribution in [0.25, 0.3) is 10.9 Å². The van der Waals surface area contributed by atoms with Gasteiger partial charge in [-0.3, -0.25) is 14.2 Å². The Morgan fingerprint density at radius 2 is 2.11 bits per heavy atom. The zero-order valence-corrected chi connectivity index (χ0v) is 17.1. The fraction of sp³-hybridized carbons (Fsp3) is 0.150. The first-order valence-corrected chi connectivity index (χ1v) is 10.1. The minimum atomic E-state index is -0.150. The Morgan fingerprint density at radius 3 is 2.85 bits per heavy atom. The molecule has 1 N–H and O–H groups in total. The molecule has 3 aromatic rings. The van der Waals surface area contributed by atoms with Gasteiger partial charge in [0.05, 0.1) is 16.7 Å². The van der Waals surface area contributed by atoms with Crippen LogP contribution in [0, 0.1) is 6.92 Å². The Labute approximate surface area is 169 Å². The SMILES string of the molecule is C=CCn1c(SCC(=O)Nc2ccccc2C)nc2ccc(Br)cc2c1=O. The molecule has 0 spiro atoms. The van der Waals surface area contributed by atoms with Crippen molar-refractivity contribution < 1.29 is 4.79 Å². The standard InChI is InChI=1S/C20H18BrN3O2S/c1-3-10-24-19(26)15-11-14(21)8-9-17(15)23-20(24)27-12-18(25)22-16-7-5-4-6-13(16)2/h3-9,11H,1,10,12H2,2H3,(H,22,25). The maximum Gasteiger partial charge on any atom is 0.262 e. The van der Waals surface area contributed by atoms with E-state index in [1.165, 1.54) is 16.3 Å². The Kier molecular flexibility index (Phi) is 6.13. The summed E-state index contributed by atoms with van der Waals surface area (Å²) in [6.45, 7) is 5.98. The van der Waals surface area contributed by atoms with Crippen molar-refractivity contribution in [2.45, 2.75) is 18.6 Å². The van der Waals surface area contributed by atoms with Gasteiger partial charge in [0.15, 0.2) is 5.16 Å². The lowest BCUT2D eigenvalue weighted by molar-refractivity contribution is -0.113. The maximum atomic E-state index is 12.8. The normalized spacial score (nSPS) is 10.7. The zero-order chi connectivity index (χ0) is 19.4. The number of carbonyl (C=O) groups excluding carboxylic acids is 1. The molecule has 138 valence electrons. The molecule has 0 saturated heterocycles. The average Bonchev–Trinajstić information content (AvgIpc) is 2.65. The second-order valence-corrected chi connectivity index (χ2v) is 7.77. The fourth-order valence-electron chi connectivity index (χ4n) is 2.60. The number of benzene rings is 2. The molecular weight excluding hydrogens is 426 g/mol. The summed E-state index contributed by atoms with van der Waals surface area (Å²) in [5, 5.41) is 3.91. The van der Waals surface area contributed by atoms with E-state index in [9.17, 15) is 9.59 Å². The fourth-order valence-corrected chi connectivity index (χ4v) is 3.77. The van der Waals surface area contributed by atoms with Crippen LogP contribution in [0.4, 0.5) is 5.69 Å². The Hall–Kier alpha value is -2.38. The summed E-state index contributed by atoms with van der Waals surface area (Å²) in [6, 6.07) is 13.0. The largest absolute Gasteiger partial charge is 0.325 e. The van der Waals surface area contributed by atoms with Crippen molar-refractivity contribution in [1.29, 1.82) is 0 Å². The third-order valence-electron chi connectivity index (χ3n) is 3.94. The molecule has 0 aliphatic heterocycles. The second kappa shape index (κ2) is 8.54. The quantitative estimate of drug-likeness (QED) is 0.348. The molecule has 1 heterocycles. The molecule has 0 aliphatic rings. The van der Waals surface area contributed by atoms with E-state index in [1.807, 2.05) is 37.3 Å². The number of halogens is 1. The number of thioether (sulfide) groups is 1. The smallest absolute Gasteiger partial charge is 0.262 e. The molecule has 0 unspecified atom stereocenters. The molecule has 27 heavy (non-hydrogen) atoms. The lowest BCUT2D eigenvalue weighted by Crippen LogP contribution is -2.24. The average molecular weight is 444 g/mol. The molecule has 1 aromatic heterocycles. The minimum Gasteiger partial charge on any atom is -0.325 e. The molecule has 0 fully saturated rings. The molecule has 1 amide bonds. The summed E-state index contributed by atoms with van der Waals surface area (Å²) in [6.07, 6.45) is 1.64. The van der Waals surface area contributed by atoms with Crippen molar-refractivity contribution in [2.24, 2.45) is 0 Å². The highest BCUT2D eigenvalue weighted by atomic mass is 79.9. The summed E-state index contributed by atoms with van der Waals surface area (Å²) in [5.41, 5.74) is 2.23. The highest BCUT2D eigenvalue weighted by Crippen LogP contribution is 2.21. The number of nitrogens with one attached hydrogen (secondary N) is 1. The molecular formula is C20H18BrN3O2S. The van der Waals surface area contributed by atoms with E-state index in [4.69, 9.17) is 0 Å². The Bertz CT molecular complexity index is 1080. The van der Waals surface area contributed by atoms with Gasteiger partial charge in [-0.1, -0.05) is 52.0 Å². The monoisotopic (exact) mass is 443 g/mol. The van der Waals surface area contributed by atoms with Crippen LogP contribution < -0.4 is 10.9 Å². The number of aromatic nitrogens is 2. The number of amides is 1. The van der Waals surface area contributed by atoms with Crippen LogP contribution >= 0.6 is 27.7 Å². The van der Waals surface area contributed by atoms with Crippen LogP contribution in [-0.4, -0.2) is 21.2 Å². The Balaban J connectivity index is 1.85. The number of para-hydroxylation sites is 1. The molecule has 5 nitrogen and oxygen atoms in total. The summed E-state index contributed by atoms with van der Waals surface area (Å²) in [4.78, 5) is 29.7. The van der Waals surface area contributed by atoms with Crippen molar-refractivity contribution in [3.63, 3.8) is 0 Å². The Morgan fingerprint density at radius 1 is 1.33 bits per heavy atom. The van der Waals surface area contributed by atoms with Crippen LogP contribution in [0.15, 0.2) is 69.5 Å². The van der Waals surface area contributed by atoms with Crippen LogP contribution in [0.3, 0.4) is 0 Å². The number of aryl methyl sites for hydroxylation is 1. The summed E-state index contributed by atoms with van der Waals surface area (Å²) >= 11 is 4.62. The lowest BCUT2D eigenvalue weighted by Gasteiger charge is -2.12. The van der Waals surface area contributed by atoms with Gasteiger partial charge in [-0.25, -0.2) is 4.98 Å². The van der Waals surface area contributed by atoms with Crippen molar-refractivity contribution in [2.75, 3.05) is 11.1 Å². The summed E-state index contributed by atoms with van der Waals surface area (Å²) in [5.74, 6) is 0.00422. The molecule has 0 atom stereocenters. The number of anilines is 1. The maximum absolute atomic E-state index is 12.8. The number of fused-ring (bicyclic) bond motifs is 1. The lowest BCUT2D eigenvalue weighted by atomic mass is 10.2. The zero-order valence-electron chi connectivity index (χ0n) is 14.7. The molecule has 2 aromatic carbocycles. The number of allylic oxidation sites excluding steroid dienone is 1. The van der Waals surface area contributed by atoms with Crippen LogP contribution in [0.5, 0.6) is 0 Å². The predicted octanol–water partition coefficient (Wildman–Crippen LogP) is 4.38. The van der Waals surface area contributed by atoms with Gasteiger partial charge in [-0.05, 0) is 36.8 Å². The van der Waals surface area contributed by atoms with Crippen LogP contribution in [0.2, 0.25) is 0 Å². The third kappa shape index (κ3) is 4.48. The number of nitrogens with zero attached hydrogens (tertiary/aromatic N) is 2. The van der Waals surface area contributed by atoms with Crippen molar-refractivity contribution in [3.8, 4) is 0 Å². The van der Waals surface area contributed by atoms with Crippen LogP contribution in [-0.2, 0) is 11.3 Å². The van der Waals surface area contributed by atoms with E-state index in [0.29, 0.717) is 22.6 Å². The molecule has 7 heteroatoms. The van der Waals surface area contributed by atoms with Gasteiger partial charge < -0.3 is 5.32 Å². The first kappa shape index (κ1) is 19.4. The van der Waals surface area contributed by atoms with Crippen LogP contribution in [0.1, 0.15) is 5.56 Å². The van der Waals surface area contributed by atoms with Gasteiger partial charge in [0.25, 0.3) is 5.56 Å². The van der Waals surface area contributed by atoms with Crippen molar-refractivity contribution in [1.82, 2.24) is 9.55 Å². The van der Waals surface area contributed by atoms with Crippen molar-refractivity contribution in [3.05, 3.63) is 75.5 Å². The third-order valence-corrected chi connectivity index (χ3v) is 5.41. The number of rotatable bonds is 6. The minimum absolute atomic E-state index is 0.149. The number of hydrogen-bond donors (Lipinski definition) is 1. The second-order valence-electron chi connectivity index (χ2n) is 5.91. The van der Waals surface area contributed by atoms with E-state index in [1.54, 1.807) is 18.2 Å². The summed E-state index contributed by atoms with van der Waals surface area (Å²) < 4.78 is 2.35. The molecule has 0 saturated carbocycles. The van der Waals surface area contributed by atoms with Gasteiger partial charge in [-0.15, -0.1) is 6.58 Å². The summed E-state index contributed by atoms with van der Waals surface area (Å²) in [7, 11) is 0. The molecule has 3 rings (SSSR count). The van der Waals surface area contributed by atoms with Gasteiger partial charge in [-0.2, -0.15) is 0 Å². The van der Waals surface area contributed by atoms with Gasteiger partial charge >= 0.3 is 0 Å². The molecule has 0 aliphatic carbocycles. The van der Waals surface area contributed by atoms with E-state index in [2.05, 4.69) is 32.8 Å². The van der Waals surface area contributed by atoms with Crippen molar-refractivity contribution >= 4 is 50.2 Å². The topological polar surface area (TPSA) is 64.0 Å². The number of hydrogen-bond acceptors (Lipinski definition) is 4. The predicted molar refractivity (Wildman–Crippen MR) is 114 cm³/mol. The van der Waals surface area contributed by atoms with E-state index < -0.39 is 0 Å². The molecule has 0 bridgehead atoms. The van der Waals surface area contributed by atoms with E-state index >= 15 is 0 Å². The van der Waals surface area contributed by atoms with E-state index in [-0.39, 0.29) is 17.2 Å². The highest BCUT2D eigenvalue weighted by molar-refractivity contribution is 9.10. The first-order chi connectivity index (χ1) is 13.0. The highest BCUT2D eigenvalue weighted by Gasteiger charge is 2.13. The van der Waals surface area contributed by atoms with Gasteiger partial charge in [0, 0.05) is 16.7 Å². The molecule has 0 radical (unpaired) electrons. The first-order valence-electron chi connectivity index (χ1n) is 8.29. The van der Waals surface area contributed by atoms with Gasteiger partial charge in [0.2, 0.25) is 5.91 Å².